The number of amidine groups is 1. The quantitative estimate of drug-likeness (QED) is 0.223. The van der Waals surface area contributed by atoms with Gasteiger partial charge in [-0.15, -0.1) is 0 Å². The Hall–Kier alpha value is -3.92. The molecule has 10 nitrogen and oxygen atoms in total. The Morgan fingerprint density at radius 2 is 1.50 bits per heavy atom. The molecule has 0 saturated heterocycles. The second kappa shape index (κ2) is 21.0. The third-order valence-corrected chi connectivity index (χ3v) is 3.36. The lowest BCUT2D eigenvalue weighted by molar-refractivity contribution is -0.145. The topological polar surface area (TPSA) is 166 Å². The summed E-state index contributed by atoms with van der Waals surface area (Å²) in [5.74, 6) is 4.17. The predicted molar refractivity (Wildman–Crippen MR) is 138 cm³/mol. The van der Waals surface area contributed by atoms with Gasteiger partial charge in [0.05, 0.1) is 18.7 Å². The molecule has 0 fully saturated rings. The number of anilines is 2. The summed E-state index contributed by atoms with van der Waals surface area (Å²) in [4.78, 5) is 31.7. The molecule has 2 aromatic carbocycles. The Bertz CT molecular complexity index is 845. The van der Waals surface area contributed by atoms with Crippen molar-refractivity contribution in [3.8, 4) is 0 Å². The number of hydrazone groups is 1. The van der Waals surface area contributed by atoms with Gasteiger partial charge in [-0.1, -0.05) is 64.1 Å². The number of amides is 2. The van der Waals surface area contributed by atoms with E-state index in [0.717, 1.165) is 11.4 Å². The number of carbonyl (C=O) groups excluding carboxylic acids is 3. The van der Waals surface area contributed by atoms with Crippen molar-refractivity contribution in [2.45, 2.75) is 47.5 Å². The van der Waals surface area contributed by atoms with Crippen LogP contribution in [0, 0.1) is 0 Å². The van der Waals surface area contributed by atoms with Gasteiger partial charge in [-0.2, -0.15) is 10.1 Å². The van der Waals surface area contributed by atoms with E-state index in [-0.39, 0.29) is 25.4 Å². The van der Waals surface area contributed by atoms with Crippen molar-refractivity contribution in [3.63, 3.8) is 0 Å². The summed E-state index contributed by atoms with van der Waals surface area (Å²) in [5.41, 5.74) is 14.3. The third kappa shape index (κ3) is 15.0. The number of nitrogens with zero attached hydrogens (tertiary/aromatic N) is 2. The van der Waals surface area contributed by atoms with E-state index in [4.69, 9.17) is 11.6 Å². The number of nitrogen functional groups attached to an aromatic ring is 1. The van der Waals surface area contributed by atoms with Crippen molar-refractivity contribution in [1.29, 1.82) is 0 Å². The molecule has 1 aliphatic rings. The van der Waals surface area contributed by atoms with Crippen LogP contribution in [0.15, 0.2) is 65.8 Å². The number of hydrogen-bond donors (Lipinski definition) is 4. The Morgan fingerprint density at radius 3 is 1.85 bits per heavy atom. The maximum Gasteiger partial charge on any atom is 0.315 e. The van der Waals surface area contributed by atoms with Gasteiger partial charge in [-0.05, 0) is 31.2 Å². The minimum Gasteiger partial charge on any atom is -0.466 e. The van der Waals surface area contributed by atoms with Crippen LogP contribution in [0.4, 0.5) is 11.4 Å². The molecule has 0 spiro atoms. The number of primary amides is 1. The summed E-state index contributed by atoms with van der Waals surface area (Å²) < 4.78 is 4.41. The number of ether oxygens (including phenoxy) is 1. The van der Waals surface area contributed by atoms with Gasteiger partial charge in [0.1, 0.15) is 12.3 Å². The standard InChI is InChI=1S/C9H9N3O.C6H8N2.C5H9NO3.2C2H6/c10-8-6-9(13)12(11-8)7-4-2-1-3-5-7;7-8-6-4-2-1-3-5-6;1-2-9-5(8)3-4(6)7;2*1-2/h1-5H,6H2,(H2,10,11);1-5,8H,7H2;2-3H2,1H3,(H2,6,7);2*1-2H3. The highest BCUT2D eigenvalue weighted by Gasteiger charge is 2.22. The monoisotopic (exact) mass is 474 g/mol. The molecule has 0 bridgehead atoms. The number of nitrogens with two attached hydrogens (primary N) is 3. The van der Waals surface area contributed by atoms with E-state index in [9.17, 15) is 14.4 Å². The van der Waals surface area contributed by atoms with E-state index < -0.39 is 11.9 Å². The molecular formula is C24H38N6O4. The van der Waals surface area contributed by atoms with Crippen LogP contribution in [0.2, 0.25) is 0 Å². The molecule has 0 unspecified atom stereocenters. The Labute approximate surface area is 202 Å². The first kappa shape index (κ1) is 32.3. The molecule has 0 aromatic heterocycles. The van der Waals surface area contributed by atoms with Gasteiger partial charge >= 0.3 is 5.97 Å². The number of rotatable bonds is 5. The van der Waals surface area contributed by atoms with Crippen molar-refractivity contribution in [1.82, 2.24) is 0 Å². The minimum absolute atomic E-state index is 0.0799. The average Bonchev–Trinajstić information content (AvgIpc) is 3.21. The summed E-state index contributed by atoms with van der Waals surface area (Å²) in [5, 5.41) is 5.25. The van der Waals surface area contributed by atoms with E-state index in [1.165, 1.54) is 5.01 Å². The molecule has 2 aromatic rings. The molecule has 1 aliphatic heterocycles. The van der Waals surface area contributed by atoms with Gasteiger partial charge in [0.25, 0.3) is 5.91 Å². The Balaban J connectivity index is 0. The second-order valence-corrected chi connectivity index (χ2v) is 5.77. The molecule has 7 N–H and O–H groups in total. The number of esters is 1. The highest BCUT2D eigenvalue weighted by molar-refractivity contribution is 6.11. The lowest BCUT2D eigenvalue weighted by Crippen LogP contribution is -2.19. The lowest BCUT2D eigenvalue weighted by Gasteiger charge is -2.10. The summed E-state index contributed by atoms with van der Waals surface area (Å²) in [6, 6.07) is 18.8. The maximum atomic E-state index is 11.3. The van der Waals surface area contributed by atoms with Crippen LogP contribution in [-0.2, 0) is 19.1 Å². The van der Waals surface area contributed by atoms with Crippen molar-refractivity contribution in [3.05, 3.63) is 60.7 Å². The number of benzene rings is 2. The zero-order chi connectivity index (χ0) is 26.4. The first-order valence-corrected chi connectivity index (χ1v) is 11.0. The van der Waals surface area contributed by atoms with Crippen molar-refractivity contribution in [2.75, 3.05) is 17.0 Å². The summed E-state index contributed by atoms with van der Waals surface area (Å²) >= 11 is 0. The molecule has 0 atom stereocenters. The SMILES string of the molecule is CC.CC.CCOC(=O)CC(N)=O.NC1=NN(c2ccccc2)C(=O)C1.NNc1ccccc1. The second-order valence-electron chi connectivity index (χ2n) is 5.77. The molecule has 3 rings (SSSR count). The molecule has 0 saturated carbocycles. The fraction of sp³-hybridized carbons (Fsp3) is 0.333. The van der Waals surface area contributed by atoms with Gasteiger partial charge < -0.3 is 21.6 Å². The van der Waals surface area contributed by atoms with Crippen LogP contribution in [0.25, 0.3) is 0 Å². The first-order chi connectivity index (χ1) is 16.4. The van der Waals surface area contributed by atoms with Crippen LogP contribution in [0.1, 0.15) is 47.5 Å². The molecular weight excluding hydrogens is 436 g/mol. The minimum atomic E-state index is -0.659. The van der Waals surface area contributed by atoms with E-state index >= 15 is 0 Å². The summed E-state index contributed by atoms with van der Waals surface area (Å²) in [7, 11) is 0. The zero-order valence-electron chi connectivity index (χ0n) is 20.7. The maximum absolute atomic E-state index is 11.3. The average molecular weight is 475 g/mol. The molecule has 0 radical (unpaired) electrons. The molecule has 10 heteroatoms. The van der Waals surface area contributed by atoms with E-state index in [2.05, 4.69) is 21.0 Å². The Kier molecular flexibility index (Phi) is 19.9. The molecule has 188 valence electrons. The number of hydrogen-bond acceptors (Lipinski definition) is 8. The number of hydrazine groups is 1. The van der Waals surface area contributed by atoms with Gasteiger partial charge in [0.2, 0.25) is 5.91 Å². The van der Waals surface area contributed by atoms with Gasteiger partial charge in [-0.3, -0.25) is 20.2 Å². The van der Waals surface area contributed by atoms with E-state index in [1.54, 1.807) is 6.92 Å². The molecule has 0 aliphatic carbocycles. The highest BCUT2D eigenvalue weighted by atomic mass is 16.5. The van der Waals surface area contributed by atoms with Crippen LogP contribution < -0.4 is 27.7 Å². The highest BCUT2D eigenvalue weighted by Crippen LogP contribution is 2.18. The van der Waals surface area contributed by atoms with Crippen molar-refractivity contribution in [2.24, 2.45) is 22.4 Å². The predicted octanol–water partition coefficient (Wildman–Crippen LogP) is 3.15. The smallest absolute Gasteiger partial charge is 0.315 e. The van der Waals surface area contributed by atoms with E-state index in [1.807, 2.05) is 88.4 Å². The largest absolute Gasteiger partial charge is 0.466 e. The fourth-order valence-electron chi connectivity index (χ4n) is 2.11. The normalized spacial score (nSPS) is 10.8. The van der Waals surface area contributed by atoms with Crippen LogP contribution in [0.5, 0.6) is 0 Å². The van der Waals surface area contributed by atoms with Crippen LogP contribution in [-0.4, -0.2) is 30.2 Å². The van der Waals surface area contributed by atoms with Crippen molar-refractivity contribution >= 4 is 35.0 Å². The van der Waals surface area contributed by atoms with Gasteiger partial charge in [-0.25, -0.2) is 0 Å². The van der Waals surface area contributed by atoms with Gasteiger partial charge in [0, 0.05) is 5.69 Å². The number of nitrogens with one attached hydrogen (secondary N) is 1. The third-order valence-electron chi connectivity index (χ3n) is 3.36. The zero-order valence-corrected chi connectivity index (χ0v) is 20.7. The number of para-hydroxylation sites is 2. The van der Waals surface area contributed by atoms with E-state index in [0.29, 0.717) is 5.84 Å². The lowest BCUT2D eigenvalue weighted by atomic mass is 10.3. The van der Waals surface area contributed by atoms with Crippen molar-refractivity contribution < 1.29 is 19.1 Å². The summed E-state index contributed by atoms with van der Waals surface area (Å²) in [6.07, 6.45) is -0.108. The molecule has 2 amide bonds. The molecule has 34 heavy (non-hydrogen) atoms. The Morgan fingerprint density at radius 1 is 1.00 bits per heavy atom. The first-order valence-electron chi connectivity index (χ1n) is 11.0. The number of carbonyl (C=O) groups is 3. The van der Waals surface area contributed by atoms with Gasteiger partial charge in [0.15, 0.2) is 0 Å². The van der Waals surface area contributed by atoms with Crippen LogP contribution >= 0.6 is 0 Å². The summed E-state index contributed by atoms with van der Waals surface area (Å²) in [6.45, 7) is 9.95. The fourth-order valence-corrected chi connectivity index (χ4v) is 2.11. The molecule has 1 heterocycles. The van der Waals surface area contributed by atoms with Crippen LogP contribution in [0.3, 0.4) is 0 Å².